The lowest BCUT2D eigenvalue weighted by molar-refractivity contribution is -0.141. The molecule has 3 heterocycles. The second kappa shape index (κ2) is 12.8. The minimum Gasteiger partial charge on any atom is -0.480 e. The molecule has 0 fully saturated rings. The minimum atomic E-state index is -1.24. The average Bonchev–Trinajstić information content (AvgIpc) is 3.34. The molecule has 216 valence electrons. The molecule has 1 aliphatic rings. The van der Waals surface area contributed by atoms with Crippen molar-refractivity contribution >= 4 is 52.4 Å². The number of rotatable bonds is 12. The number of nitrogens with one attached hydrogen (secondary N) is 2. The number of aromatic nitrogens is 4. The van der Waals surface area contributed by atoms with E-state index in [1.54, 1.807) is 24.4 Å². The van der Waals surface area contributed by atoms with Crippen LogP contribution in [0.15, 0.2) is 24.4 Å². The summed E-state index contributed by atoms with van der Waals surface area (Å²) in [7, 11) is 1.28. The fourth-order valence-electron chi connectivity index (χ4n) is 4.46. The fourth-order valence-corrected chi connectivity index (χ4v) is 4.46. The van der Waals surface area contributed by atoms with Crippen molar-refractivity contribution in [3.8, 4) is 0 Å². The third-order valence-corrected chi connectivity index (χ3v) is 6.56. The van der Waals surface area contributed by atoms with Crippen LogP contribution in [0.4, 0.5) is 17.5 Å². The zero-order valence-corrected chi connectivity index (χ0v) is 22.4. The quantitative estimate of drug-likeness (QED) is 0.146. The Labute approximate surface area is 234 Å². The van der Waals surface area contributed by atoms with E-state index in [0.29, 0.717) is 48.4 Å². The summed E-state index contributed by atoms with van der Waals surface area (Å²) in [6.07, 6.45) is 2.67. The normalized spacial score (nSPS) is 13.0. The number of benzene rings is 1. The van der Waals surface area contributed by atoms with Gasteiger partial charge in [0, 0.05) is 37.2 Å². The van der Waals surface area contributed by atoms with Gasteiger partial charge in [-0.15, -0.1) is 0 Å². The molecule has 0 radical (unpaired) electrons. The molecule has 1 atom stereocenters. The van der Waals surface area contributed by atoms with Gasteiger partial charge in [-0.3, -0.25) is 14.4 Å². The second-order valence-corrected chi connectivity index (χ2v) is 9.45. The van der Waals surface area contributed by atoms with Gasteiger partial charge in [-0.05, 0) is 43.0 Å². The second-order valence-electron chi connectivity index (χ2n) is 9.45. The van der Waals surface area contributed by atoms with Crippen LogP contribution in [0.1, 0.15) is 47.3 Å². The molecule has 3 aromatic rings. The molecule has 0 spiro atoms. The number of hydrogen-bond donors (Lipinski definition) is 5. The fraction of sp³-hybridized carbons (Fsp3) is 0.385. The average molecular weight is 566 g/mol. The standard InChI is InChI=1S/C26H31N9O6/c1-41-20(37)3-2-9-29-19(36)7-5-17(25(39)40)32-24(38)15-4-6-18-14(11-15)8-10-35(18)13-16-12-30-23-21(31-16)22(27)33-26(28)34-23/h4,6,11-12,17H,2-3,5,7-10,13H2,1H3,(H,29,36)(H,32,38)(H,39,40)(H4,27,28,30,33,34)/t17-/m0/s1. The molecular weight excluding hydrogens is 534 g/mol. The third kappa shape index (κ3) is 7.32. The van der Waals surface area contributed by atoms with Crippen LogP contribution in [0.2, 0.25) is 0 Å². The zero-order chi connectivity index (χ0) is 29.5. The van der Waals surface area contributed by atoms with Gasteiger partial charge in [0.2, 0.25) is 11.9 Å². The van der Waals surface area contributed by atoms with E-state index in [4.69, 9.17) is 11.5 Å². The highest BCUT2D eigenvalue weighted by Gasteiger charge is 2.25. The maximum Gasteiger partial charge on any atom is 0.326 e. The number of carboxylic acid groups (broad SMARTS) is 1. The molecule has 0 aliphatic carbocycles. The monoisotopic (exact) mass is 565 g/mol. The summed E-state index contributed by atoms with van der Waals surface area (Å²) in [6.45, 7) is 1.38. The Morgan fingerprint density at radius 3 is 2.71 bits per heavy atom. The number of carbonyl (C=O) groups is 4. The largest absolute Gasteiger partial charge is 0.480 e. The molecule has 7 N–H and O–H groups in total. The molecule has 1 aromatic carbocycles. The number of nitrogens with two attached hydrogens (primary N) is 2. The predicted molar refractivity (Wildman–Crippen MR) is 148 cm³/mol. The number of nitrogen functional groups attached to an aromatic ring is 2. The van der Waals surface area contributed by atoms with Crippen molar-refractivity contribution in [2.45, 2.75) is 44.7 Å². The lowest BCUT2D eigenvalue weighted by Gasteiger charge is -2.19. The first-order valence-corrected chi connectivity index (χ1v) is 12.9. The van der Waals surface area contributed by atoms with E-state index in [2.05, 4.69) is 40.2 Å². The number of aliphatic carboxylic acids is 1. The number of methoxy groups -OCH3 is 1. The lowest BCUT2D eigenvalue weighted by atomic mass is 10.1. The van der Waals surface area contributed by atoms with Crippen molar-refractivity contribution in [1.82, 2.24) is 30.6 Å². The molecule has 1 aliphatic heterocycles. The molecule has 41 heavy (non-hydrogen) atoms. The van der Waals surface area contributed by atoms with Crippen LogP contribution < -0.4 is 27.0 Å². The third-order valence-electron chi connectivity index (χ3n) is 6.56. The maximum absolute atomic E-state index is 12.9. The van der Waals surface area contributed by atoms with Gasteiger partial charge >= 0.3 is 11.9 Å². The summed E-state index contributed by atoms with van der Waals surface area (Å²) in [5.41, 5.74) is 15.0. The molecule has 2 aromatic heterocycles. The van der Waals surface area contributed by atoms with Gasteiger partial charge in [0.25, 0.3) is 5.91 Å². The summed E-state index contributed by atoms with van der Waals surface area (Å²) >= 11 is 0. The van der Waals surface area contributed by atoms with E-state index < -0.39 is 17.9 Å². The van der Waals surface area contributed by atoms with Gasteiger partial charge in [0.05, 0.1) is 25.5 Å². The molecular formula is C26H31N9O6. The SMILES string of the molecule is COC(=O)CCCNC(=O)CC[C@H](NC(=O)c1ccc2c(c1)CCN2Cc1cnc2nc(N)nc(N)c2n1)C(=O)O. The summed E-state index contributed by atoms with van der Waals surface area (Å²) in [6, 6.07) is 3.92. The first-order chi connectivity index (χ1) is 19.6. The minimum absolute atomic E-state index is 0.0228. The van der Waals surface area contributed by atoms with Gasteiger partial charge in [0.1, 0.15) is 6.04 Å². The number of nitrogens with zero attached hydrogens (tertiary/aromatic N) is 5. The van der Waals surface area contributed by atoms with Crippen LogP contribution >= 0.6 is 0 Å². The van der Waals surface area contributed by atoms with Crippen LogP contribution in [0.5, 0.6) is 0 Å². The molecule has 15 nitrogen and oxygen atoms in total. The van der Waals surface area contributed by atoms with Crippen molar-refractivity contribution in [1.29, 1.82) is 0 Å². The van der Waals surface area contributed by atoms with Gasteiger partial charge < -0.3 is 36.8 Å². The summed E-state index contributed by atoms with van der Waals surface area (Å²) in [5.74, 6) is -2.37. The van der Waals surface area contributed by atoms with E-state index in [0.717, 1.165) is 11.3 Å². The number of carboxylic acids is 1. The van der Waals surface area contributed by atoms with Crippen molar-refractivity contribution in [2.75, 3.05) is 36.6 Å². The highest BCUT2D eigenvalue weighted by atomic mass is 16.5. The number of carbonyl (C=O) groups excluding carboxylic acids is 3. The smallest absolute Gasteiger partial charge is 0.326 e. The van der Waals surface area contributed by atoms with Crippen LogP contribution in [0.25, 0.3) is 11.2 Å². The summed E-state index contributed by atoms with van der Waals surface area (Å²) in [4.78, 5) is 66.7. The van der Waals surface area contributed by atoms with Gasteiger partial charge in [-0.2, -0.15) is 9.97 Å². The van der Waals surface area contributed by atoms with E-state index >= 15 is 0 Å². The molecule has 2 amide bonds. The molecule has 0 unspecified atom stereocenters. The van der Waals surface area contributed by atoms with E-state index in [9.17, 15) is 24.3 Å². The Morgan fingerprint density at radius 2 is 1.95 bits per heavy atom. The van der Waals surface area contributed by atoms with Gasteiger partial charge in [-0.25, -0.2) is 14.8 Å². The zero-order valence-electron chi connectivity index (χ0n) is 22.4. The van der Waals surface area contributed by atoms with Crippen molar-refractivity contribution in [2.24, 2.45) is 0 Å². The Balaban J connectivity index is 1.33. The van der Waals surface area contributed by atoms with Crippen LogP contribution in [-0.4, -0.2) is 75.0 Å². The maximum atomic E-state index is 12.9. The molecule has 0 bridgehead atoms. The number of esters is 1. The summed E-state index contributed by atoms with van der Waals surface area (Å²) in [5, 5.41) is 14.7. The Kier molecular flexibility index (Phi) is 9.06. The Morgan fingerprint density at radius 1 is 1.15 bits per heavy atom. The van der Waals surface area contributed by atoms with Crippen LogP contribution in [-0.2, 0) is 32.1 Å². The van der Waals surface area contributed by atoms with Crippen LogP contribution in [0.3, 0.4) is 0 Å². The molecule has 0 saturated heterocycles. The number of hydrogen-bond acceptors (Lipinski definition) is 12. The first kappa shape index (κ1) is 28.9. The number of anilines is 3. The number of ether oxygens (including phenoxy) is 1. The lowest BCUT2D eigenvalue weighted by Crippen LogP contribution is -2.41. The predicted octanol–water partition coefficient (Wildman–Crippen LogP) is 0.180. The topological polar surface area (TPSA) is 229 Å². The Bertz CT molecular complexity index is 1480. The van der Waals surface area contributed by atoms with Crippen molar-refractivity contribution in [3.05, 3.63) is 41.2 Å². The van der Waals surface area contributed by atoms with Crippen molar-refractivity contribution in [3.63, 3.8) is 0 Å². The highest BCUT2D eigenvalue weighted by Crippen LogP contribution is 2.30. The first-order valence-electron chi connectivity index (χ1n) is 12.9. The molecule has 0 saturated carbocycles. The van der Waals surface area contributed by atoms with Crippen molar-refractivity contribution < 1.29 is 29.0 Å². The summed E-state index contributed by atoms with van der Waals surface area (Å²) < 4.78 is 4.53. The van der Waals surface area contributed by atoms with Crippen LogP contribution in [0, 0.1) is 0 Å². The molecule has 4 rings (SSSR count). The van der Waals surface area contributed by atoms with Gasteiger partial charge in [0.15, 0.2) is 17.0 Å². The number of fused-ring (bicyclic) bond motifs is 2. The molecule has 15 heteroatoms. The highest BCUT2D eigenvalue weighted by molar-refractivity contribution is 5.97. The van der Waals surface area contributed by atoms with Gasteiger partial charge in [-0.1, -0.05) is 0 Å². The Hall–Kier alpha value is -5.08. The van der Waals surface area contributed by atoms with E-state index in [1.807, 2.05) is 0 Å². The van der Waals surface area contributed by atoms with E-state index in [1.165, 1.54) is 7.11 Å². The number of amides is 2. The van der Waals surface area contributed by atoms with E-state index in [-0.39, 0.29) is 49.4 Å².